The summed E-state index contributed by atoms with van der Waals surface area (Å²) in [4.78, 5) is 49.4. The van der Waals surface area contributed by atoms with E-state index in [0.717, 1.165) is 0 Å². The lowest BCUT2D eigenvalue weighted by atomic mass is 9.85. The van der Waals surface area contributed by atoms with Crippen molar-refractivity contribution in [2.45, 2.75) is 18.1 Å². The summed E-state index contributed by atoms with van der Waals surface area (Å²) in [5.41, 5.74) is 8.82. The van der Waals surface area contributed by atoms with E-state index >= 15 is 0 Å². The van der Waals surface area contributed by atoms with Crippen LogP contribution in [0.4, 0.5) is 0 Å². The predicted octanol–water partition coefficient (Wildman–Crippen LogP) is 0.987. The Labute approximate surface area is 195 Å². The Bertz CT molecular complexity index is 1200. The van der Waals surface area contributed by atoms with Crippen LogP contribution in [-0.2, 0) is 20.0 Å². The van der Waals surface area contributed by atoms with Crippen LogP contribution in [0.15, 0.2) is 84.9 Å². The average Bonchev–Trinajstić information content (AvgIpc) is 2.84. The molecule has 3 rings (SSSR count). The van der Waals surface area contributed by atoms with Crippen molar-refractivity contribution in [2.24, 2.45) is 11.5 Å². The molecule has 3 aromatic rings. The molecule has 0 fully saturated rings. The van der Waals surface area contributed by atoms with Crippen molar-refractivity contribution in [2.75, 3.05) is 0 Å². The minimum Gasteiger partial charge on any atom is -0.425 e. The van der Waals surface area contributed by atoms with Crippen LogP contribution in [0.3, 0.4) is 0 Å². The lowest BCUT2D eigenvalue weighted by Crippen LogP contribution is -2.46. The molecule has 6 N–H and O–H groups in total. The van der Waals surface area contributed by atoms with Gasteiger partial charge in [-0.2, -0.15) is 0 Å². The number of rotatable bonds is 9. The van der Waals surface area contributed by atoms with E-state index in [2.05, 4.69) is 5.32 Å². The lowest BCUT2D eigenvalue weighted by Gasteiger charge is -2.27. The van der Waals surface area contributed by atoms with Gasteiger partial charge in [-0.05, 0) is 23.8 Å². The highest BCUT2D eigenvalue weighted by atomic mass is 16.5. The maximum atomic E-state index is 13.0. The first-order valence-electron chi connectivity index (χ1n) is 10.3. The molecule has 0 bridgehead atoms. The van der Waals surface area contributed by atoms with E-state index in [-0.39, 0.29) is 22.4 Å². The zero-order chi connectivity index (χ0) is 24.7. The Morgan fingerprint density at radius 3 is 2.00 bits per heavy atom. The minimum atomic E-state index is -2.31. The number of hydrogen-bond acceptors (Lipinski definition) is 6. The number of nitrogens with one attached hydrogen (secondary N) is 1. The second-order valence-electron chi connectivity index (χ2n) is 7.42. The van der Waals surface area contributed by atoms with Gasteiger partial charge in [0.15, 0.2) is 5.60 Å². The van der Waals surface area contributed by atoms with E-state index in [0.29, 0.717) is 0 Å². The van der Waals surface area contributed by atoms with E-state index in [1.807, 2.05) is 0 Å². The number of nitrogens with two attached hydrogens (primary N) is 2. The fourth-order valence-corrected chi connectivity index (χ4v) is 3.37. The summed E-state index contributed by atoms with van der Waals surface area (Å²) in [6, 6.07) is 20.3. The van der Waals surface area contributed by atoms with Crippen molar-refractivity contribution in [3.05, 3.63) is 102 Å². The Balaban J connectivity index is 1.93. The van der Waals surface area contributed by atoms with Crippen molar-refractivity contribution in [3.63, 3.8) is 0 Å². The van der Waals surface area contributed by atoms with Crippen molar-refractivity contribution < 1.29 is 29.0 Å². The maximum Gasteiger partial charge on any atom is 0.334 e. The predicted molar refractivity (Wildman–Crippen MR) is 122 cm³/mol. The summed E-state index contributed by atoms with van der Waals surface area (Å²) < 4.78 is 5.43. The van der Waals surface area contributed by atoms with E-state index in [1.165, 1.54) is 48.5 Å². The van der Waals surface area contributed by atoms with Gasteiger partial charge in [0.2, 0.25) is 5.91 Å². The van der Waals surface area contributed by atoms with Crippen LogP contribution in [0, 0.1) is 0 Å². The fourth-order valence-electron chi connectivity index (χ4n) is 3.37. The van der Waals surface area contributed by atoms with E-state index < -0.39 is 41.8 Å². The molecular formula is C25H23N3O6. The highest BCUT2D eigenvalue weighted by Gasteiger charge is 2.41. The molecule has 174 valence electrons. The molecule has 0 aliphatic carbocycles. The summed E-state index contributed by atoms with van der Waals surface area (Å²) in [5, 5.41) is 13.7. The third kappa shape index (κ3) is 5.28. The second kappa shape index (κ2) is 10.4. The van der Waals surface area contributed by atoms with Crippen molar-refractivity contribution in [1.82, 2.24) is 5.32 Å². The zero-order valence-electron chi connectivity index (χ0n) is 18.0. The molecule has 0 saturated carbocycles. The molecule has 2 atom stereocenters. The Morgan fingerprint density at radius 2 is 1.41 bits per heavy atom. The number of carbonyl (C=O) groups is 4. The number of hydrogen-bond donors (Lipinski definition) is 4. The summed E-state index contributed by atoms with van der Waals surface area (Å²) in [6.07, 6.45) is -0.529. The number of aliphatic hydroxyl groups is 1. The van der Waals surface area contributed by atoms with E-state index in [1.54, 1.807) is 36.4 Å². The molecule has 0 aliphatic heterocycles. The third-order valence-electron chi connectivity index (χ3n) is 5.07. The van der Waals surface area contributed by atoms with E-state index in [9.17, 15) is 24.3 Å². The first-order valence-corrected chi connectivity index (χ1v) is 10.3. The first kappa shape index (κ1) is 24.1. The normalized spacial score (nSPS) is 13.2. The average molecular weight is 461 g/mol. The van der Waals surface area contributed by atoms with Crippen LogP contribution in [0.5, 0.6) is 5.75 Å². The van der Waals surface area contributed by atoms with Crippen molar-refractivity contribution in [3.8, 4) is 5.75 Å². The van der Waals surface area contributed by atoms with E-state index in [4.69, 9.17) is 16.2 Å². The summed E-state index contributed by atoms with van der Waals surface area (Å²) in [5.74, 6) is -3.75. The minimum absolute atomic E-state index is 0.0886. The van der Waals surface area contributed by atoms with Crippen LogP contribution in [-0.4, -0.2) is 34.8 Å². The SMILES string of the molecule is NC(=O)CC(NC(=O)c1ccccc1)C(=O)Oc1ccccc1C(O)(C(N)=O)c1ccccc1. The van der Waals surface area contributed by atoms with Gasteiger partial charge in [-0.15, -0.1) is 0 Å². The molecular weight excluding hydrogens is 438 g/mol. The van der Waals surface area contributed by atoms with Crippen molar-refractivity contribution >= 4 is 23.7 Å². The number of benzene rings is 3. The van der Waals surface area contributed by atoms with Gasteiger partial charge in [0, 0.05) is 11.1 Å². The third-order valence-corrected chi connectivity index (χ3v) is 5.07. The van der Waals surface area contributed by atoms with Crippen LogP contribution in [0.1, 0.15) is 27.9 Å². The summed E-state index contributed by atoms with van der Waals surface area (Å²) >= 11 is 0. The van der Waals surface area contributed by atoms with Crippen LogP contribution < -0.4 is 21.5 Å². The number of primary amides is 2. The Morgan fingerprint density at radius 1 is 0.853 bits per heavy atom. The molecule has 9 heteroatoms. The largest absolute Gasteiger partial charge is 0.425 e. The van der Waals surface area contributed by atoms with Gasteiger partial charge in [-0.25, -0.2) is 4.79 Å². The highest BCUT2D eigenvalue weighted by molar-refractivity contribution is 5.98. The molecule has 0 heterocycles. The monoisotopic (exact) mass is 461 g/mol. The number of para-hydroxylation sites is 1. The van der Waals surface area contributed by atoms with Crippen LogP contribution in [0.2, 0.25) is 0 Å². The lowest BCUT2D eigenvalue weighted by molar-refractivity contribution is -0.139. The topological polar surface area (TPSA) is 162 Å². The van der Waals surface area contributed by atoms with Crippen molar-refractivity contribution in [1.29, 1.82) is 0 Å². The quantitative estimate of drug-likeness (QED) is 0.274. The molecule has 3 amide bonds. The summed E-state index contributed by atoms with van der Waals surface area (Å²) in [6.45, 7) is 0. The first-order chi connectivity index (χ1) is 16.2. The molecule has 0 spiro atoms. The molecule has 2 unspecified atom stereocenters. The van der Waals surface area contributed by atoms with Gasteiger partial charge in [0.1, 0.15) is 11.8 Å². The highest BCUT2D eigenvalue weighted by Crippen LogP contribution is 2.35. The standard InChI is InChI=1S/C25H23N3O6/c26-21(29)15-19(28-22(30)16-9-3-1-4-10-16)23(31)34-20-14-8-7-13-18(20)25(33,24(27)32)17-11-5-2-6-12-17/h1-14,19,33H,15H2,(H2,26,29)(H2,27,32)(H,28,30). The Kier molecular flexibility index (Phi) is 7.39. The molecule has 9 nitrogen and oxygen atoms in total. The van der Waals surface area contributed by atoms with Gasteiger partial charge in [-0.1, -0.05) is 66.7 Å². The molecule has 0 aromatic heterocycles. The maximum absolute atomic E-state index is 13.0. The molecule has 34 heavy (non-hydrogen) atoms. The van der Waals surface area contributed by atoms with Gasteiger partial charge in [-0.3, -0.25) is 14.4 Å². The molecule has 0 aliphatic rings. The number of carbonyl (C=O) groups excluding carboxylic acids is 4. The molecule has 0 radical (unpaired) electrons. The molecule has 3 aromatic carbocycles. The van der Waals surface area contributed by atoms with Crippen LogP contribution in [0.25, 0.3) is 0 Å². The van der Waals surface area contributed by atoms with Gasteiger partial charge in [0.05, 0.1) is 6.42 Å². The number of amides is 3. The number of ether oxygens (including phenoxy) is 1. The molecule has 0 saturated heterocycles. The van der Waals surface area contributed by atoms with Crippen LogP contribution >= 0.6 is 0 Å². The zero-order valence-corrected chi connectivity index (χ0v) is 18.0. The van der Waals surface area contributed by atoms with Gasteiger partial charge >= 0.3 is 5.97 Å². The Hall–Kier alpha value is -4.50. The van der Waals surface area contributed by atoms with Gasteiger partial charge in [0.25, 0.3) is 11.8 Å². The summed E-state index contributed by atoms with van der Waals surface area (Å²) in [7, 11) is 0. The smallest absolute Gasteiger partial charge is 0.334 e. The number of esters is 1. The van der Waals surface area contributed by atoms with Gasteiger partial charge < -0.3 is 26.6 Å². The second-order valence-corrected chi connectivity index (χ2v) is 7.42. The fraction of sp³-hybridized carbons (Fsp3) is 0.120.